The molecule has 2 aromatic heterocycles. The van der Waals surface area contributed by atoms with Gasteiger partial charge in [-0.05, 0) is 19.9 Å². The fourth-order valence-electron chi connectivity index (χ4n) is 1.48. The minimum Gasteiger partial charge on any atom is -0.478 e. The van der Waals surface area contributed by atoms with E-state index >= 15 is 0 Å². The molecule has 0 aliphatic heterocycles. The zero-order valence-electron chi connectivity index (χ0n) is 8.28. The van der Waals surface area contributed by atoms with Crippen molar-refractivity contribution < 1.29 is 9.90 Å². The average Bonchev–Trinajstić information content (AvgIpc) is 2.58. The lowest BCUT2D eigenvalue weighted by Gasteiger charge is -2.06. The zero-order valence-corrected chi connectivity index (χ0v) is 9.04. The van der Waals surface area contributed by atoms with Gasteiger partial charge in [0.2, 0.25) is 0 Å². The van der Waals surface area contributed by atoms with Crippen LogP contribution in [0.4, 0.5) is 0 Å². The van der Waals surface area contributed by atoms with Gasteiger partial charge in [0.15, 0.2) is 5.65 Å². The van der Waals surface area contributed by atoms with E-state index in [9.17, 15) is 4.79 Å². The highest BCUT2D eigenvalue weighted by Crippen LogP contribution is 2.21. The molecule has 0 spiro atoms. The Balaban J connectivity index is 2.89. The number of fused-ring (bicyclic) bond motifs is 1. The minimum absolute atomic E-state index is 0.167. The van der Waals surface area contributed by atoms with Gasteiger partial charge < -0.3 is 9.51 Å². The predicted molar refractivity (Wildman–Crippen MR) is 56.6 cm³/mol. The standard InChI is InChI=1S/C10H9ClN2O2/c1-5-6(2)13-4-3-7(10(14)15)9(13)12-8(5)11/h3-4H,1-2H3,(H,14,15). The fraction of sp³-hybridized carbons (Fsp3) is 0.200. The van der Waals surface area contributed by atoms with Crippen LogP contribution < -0.4 is 0 Å². The van der Waals surface area contributed by atoms with Gasteiger partial charge in [0.25, 0.3) is 0 Å². The summed E-state index contributed by atoms with van der Waals surface area (Å²) in [5, 5.41) is 9.27. The molecule has 0 aliphatic carbocycles. The van der Waals surface area contributed by atoms with Crippen molar-refractivity contribution in [3.05, 3.63) is 34.2 Å². The van der Waals surface area contributed by atoms with Crippen molar-refractivity contribution in [3.8, 4) is 0 Å². The molecule has 0 radical (unpaired) electrons. The molecule has 0 saturated heterocycles. The van der Waals surface area contributed by atoms with Crippen LogP contribution in [0.5, 0.6) is 0 Å². The molecule has 0 bridgehead atoms. The molecular weight excluding hydrogens is 216 g/mol. The van der Waals surface area contributed by atoms with Gasteiger partial charge in [0, 0.05) is 17.5 Å². The lowest BCUT2D eigenvalue weighted by atomic mass is 10.2. The Morgan fingerprint density at radius 3 is 2.80 bits per heavy atom. The van der Waals surface area contributed by atoms with Gasteiger partial charge in [-0.15, -0.1) is 0 Å². The number of aromatic carboxylic acids is 1. The molecule has 1 N–H and O–H groups in total. The molecule has 0 aromatic carbocycles. The first kappa shape index (κ1) is 9.98. The Hall–Kier alpha value is -1.55. The van der Waals surface area contributed by atoms with Crippen molar-refractivity contribution in [2.24, 2.45) is 0 Å². The Bertz CT molecular complexity index is 560. The van der Waals surface area contributed by atoms with Gasteiger partial charge in [-0.2, -0.15) is 0 Å². The molecular formula is C10H9ClN2O2. The highest BCUT2D eigenvalue weighted by molar-refractivity contribution is 6.30. The summed E-state index contributed by atoms with van der Waals surface area (Å²) < 4.78 is 1.73. The molecule has 2 heterocycles. The van der Waals surface area contributed by atoms with E-state index in [1.165, 1.54) is 6.07 Å². The third-order valence-electron chi connectivity index (χ3n) is 2.51. The zero-order chi connectivity index (χ0) is 11.2. The lowest BCUT2D eigenvalue weighted by molar-refractivity contribution is 0.0699. The summed E-state index contributed by atoms with van der Waals surface area (Å²) >= 11 is 5.91. The topological polar surface area (TPSA) is 54.6 Å². The molecule has 2 aromatic rings. The third kappa shape index (κ3) is 1.37. The maximum absolute atomic E-state index is 10.9. The van der Waals surface area contributed by atoms with E-state index in [1.807, 2.05) is 13.8 Å². The van der Waals surface area contributed by atoms with Crippen LogP contribution >= 0.6 is 11.6 Å². The van der Waals surface area contributed by atoms with E-state index in [2.05, 4.69) is 4.98 Å². The second kappa shape index (κ2) is 3.24. The minimum atomic E-state index is -0.996. The van der Waals surface area contributed by atoms with Crippen molar-refractivity contribution in [1.29, 1.82) is 0 Å². The lowest BCUT2D eigenvalue weighted by Crippen LogP contribution is -2.01. The van der Waals surface area contributed by atoms with Crippen molar-refractivity contribution >= 4 is 23.2 Å². The van der Waals surface area contributed by atoms with Gasteiger partial charge in [-0.1, -0.05) is 11.6 Å². The highest BCUT2D eigenvalue weighted by Gasteiger charge is 2.14. The van der Waals surface area contributed by atoms with Crippen LogP contribution in [-0.4, -0.2) is 20.5 Å². The number of carboxylic acid groups (broad SMARTS) is 1. The summed E-state index contributed by atoms with van der Waals surface area (Å²) in [6.07, 6.45) is 1.68. The smallest absolute Gasteiger partial charge is 0.339 e. The van der Waals surface area contributed by atoms with Gasteiger partial charge in [-0.3, -0.25) is 0 Å². The van der Waals surface area contributed by atoms with E-state index < -0.39 is 5.97 Å². The molecule has 78 valence electrons. The van der Waals surface area contributed by atoms with Gasteiger partial charge in [0.05, 0.1) is 0 Å². The predicted octanol–water partition coefficient (Wildman–Crippen LogP) is 2.30. The van der Waals surface area contributed by atoms with Gasteiger partial charge in [-0.25, -0.2) is 9.78 Å². The van der Waals surface area contributed by atoms with Crippen LogP contribution in [0, 0.1) is 13.8 Å². The number of halogens is 1. The van der Waals surface area contributed by atoms with Crippen LogP contribution in [-0.2, 0) is 0 Å². The number of aromatic nitrogens is 2. The highest BCUT2D eigenvalue weighted by atomic mass is 35.5. The molecule has 4 nitrogen and oxygen atoms in total. The summed E-state index contributed by atoms with van der Waals surface area (Å²) in [5.41, 5.74) is 2.31. The Morgan fingerprint density at radius 1 is 1.53 bits per heavy atom. The number of hydrogen-bond acceptors (Lipinski definition) is 2. The van der Waals surface area contributed by atoms with E-state index in [1.54, 1.807) is 10.6 Å². The monoisotopic (exact) mass is 224 g/mol. The number of rotatable bonds is 1. The summed E-state index contributed by atoms with van der Waals surface area (Å²) in [4.78, 5) is 15.0. The van der Waals surface area contributed by atoms with Crippen molar-refractivity contribution in [1.82, 2.24) is 9.38 Å². The van der Waals surface area contributed by atoms with Crippen LogP contribution in [0.2, 0.25) is 5.15 Å². The van der Waals surface area contributed by atoms with E-state index in [-0.39, 0.29) is 5.56 Å². The quantitative estimate of drug-likeness (QED) is 0.757. The number of nitrogens with zero attached hydrogens (tertiary/aromatic N) is 2. The molecule has 0 fully saturated rings. The summed E-state index contributed by atoms with van der Waals surface area (Å²) in [7, 11) is 0. The molecule has 0 atom stereocenters. The van der Waals surface area contributed by atoms with Crippen molar-refractivity contribution in [3.63, 3.8) is 0 Å². The van der Waals surface area contributed by atoms with Crippen LogP contribution in [0.3, 0.4) is 0 Å². The Kier molecular flexibility index (Phi) is 2.16. The Labute approximate surface area is 91.1 Å². The number of aryl methyl sites for hydroxylation is 1. The van der Waals surface area contributed by atoms with Gasteiger partial charge in [0.1, 0.15) is 10.7 Å². The van der Waals surface area contributed by atoms with Crippen LogP contribution in [0.1, 0.15) is 21.6 Å². The van der Waals surface area contributed by atoms with Gasteiger partial charge >= 0.3 is 5.97 Å². The fourth-order valence-corrected chi connectivity index (χ4v) is 1.70. The first-order chi connectivity index (χ1) is 7.02. The molecule has 0 aliphatic rings. The first-order valence-corrected chi connectivity index (χ1v) is 4.77. The Morgan fingerprint density at radius 2 is 2.20 bits per heavy atom. The van der Waals surface area contributed by atoms with Crippen molar-refractivity contribution in [2.75, 3.05) is 0 Å². The maximum Gasteiger partial charge on any atom is 0.339 e. The summed E-state index contributed by atoms with van der Waals surface area (Å²) in [6, 6.07) is 1.52. The van der Waals surface area contributed by atoms with E-state index in [4.69, 9.17) is 16.7 Å². The normalized spacial score (nSPS) is 10.9. The van der Waals surface area contributed by atoms with Crippen LogP contribution in [0.15, 0.2) is 12.3 Å². The number of carboxylic acids is 1. The molecule has 0 unspecified atom stereocenters. The van der Waals surface area contributed by atoms with Crippen molar-refractivity contribution in [2.45, 2.75) is 13.8 Å². The van der Waals surface area contributed by atoms with Crippen LogP contribution in [0.25, 0.3) is 5.65 Å². The first-order valence-electron chi connectivity index (χ1n) is 4.39. The number of carbonyl (C=O) groups is 1. The summed E-state index contributed by atoms with van der Waals surface area (Å²) in [6.45, 7) is 3.73. The van der Waals surface area contributed by atoms with E-state index in [0.29, 0.717) is 10.8 Å². The molecule has 15 heavy (non-hydrogen) atoms. The van der Waals surface area contributed by atoms with E-state index in [0.717, 1.165) is 11.3 Å². The largest absolute Gasteiger partial charge is 0.478 e. The molecule has 2 rings (SSSR count). The SMILES string of the molecule is Cc1c(Cl)nc2c(C(=O)O)ccn2c1C. The number of hydrogen-bond donors (Lipinski definition) is 1. The second-order valence-corrected chi connectivity index (χ2v) is 3.70. The second-order valence-electron chi connectivity index (χ2n) is 3.34. The average molecular weight is 225 g/mol. The third-order valence-corrected chi connectivity index (χ3v) is 2.88. The molecule has 5 heteroatoms. The molecule has 0 saturated carbocycles. The maximum atomic E-state index is 10.9. The summed E-state index contributed by atoms with van der Waals surface area (Å²) in [5.74, 6) is -0.996. The molecule has 0 amide bonds.